The van der Waals surface area contributed by atoms with Crippen LogP contribution >= 0.6 is 0 Å². The topological polar surface area (TPSA) is 100 Å². The van der Waals surface area contributed by atoms with Crippen molar-refractivity contribution in [1.29, 1.82) is 0 Å². The average molecular weight is 343 g/mol. The smallest absolute Gasteiger partial charge is 0.255 e. The molecular formula is C17H21N5O3. The number of nitrogens with one attached hydrogen (secondary N) is 2. The summed E-state index contributed by atoms with van der Waals surface area (Å²) in [6.45, 7) is 4.45. The van der Waals surface area contributed by atoms with Gasteiger partial charge < -0.3 is 15.0 Å². The number of morpholine rings is 1. The average Bonchev–Trinajstić information content (AvgIpc) is 2.62. The Hall–Kier alpha value is -2.74. The standard InChI is InChI=1S/C17H21N5O3/c1-12-13(5-6-15(23)20-14-4-2-3-7-18-14)16(24)21-17(19-12)22-8-10-25-11-9-22/h2-4,7H,5-6,8-11H2,1H3,(H,18,20,23)(H,19,21,24). The second-order valence-electron chi connectivity index (χ2n) is 5.82. The van der Waals surface area contributed by atoms with Crippen LogP contribution in [0.15, 0.2) is 29.2 Å². The first-order chi connectivity index (χ1) is 12.1. The van der Waals surface area contributed by atoms with Crippen molar-refractivity contribution in [2.24, 2.45) is 0 Å². The molecule has 0 atom stereocenters. The summed E-state index contributed by atoms with van der Waals surface area (Å²) in [7, 11) is 0. The second-order valence-corrected chi connectivity index (χ2v) is 5.82. The van der Waals surface area contributed by atoms with Crippen molar-refractivity contribution < 1.29 is 9.53 Å². The molecular weight excluding hydrogens is 322 g/mol. The largest absolute Gasteiger partial charge is 0.378 e. The van der Waals surface area contributed by atoms with Crippen LogP contribution < -0.4 is 15.8 Å². The summed E-state index contributed by atoms with van der Waals surface area (Å²) < 4.78 is 5.31. The molecule has 0 aliphatic carbocycles. The molecule has 1 aliphatic rings. The number of amides is 1. The van der Waals surface area contributed by atoms with Gasteiger partial charge in [0, 0.05) is 37.0 Å². The van der Waals surface area contributed by atoms with Gasteiger partial charge in [-0.1, -0.05) is 6.07 Å². The Bertz CT molecular complexity index is 785. The maximum Gasteiger partial charge on any atom is 0.255 e. The highest BCUT2D eigenvalue weighted by atomic mass is 16.5. The second kappa shape index (κ2) is 7.89. The van der Waals surface area contributed by atoms with Crippen LogP contribution in [-0.2, 0) is 16.0 Å². The normalized spacial score (nSPS) is 14.4. The number of carbonyl (C=O) groups excluding carboxylic acids is 1. The summed E-state index contributed by atoms with van der Waals surface area (Å²) in [6.07, 6.45) is 2.13. The summed E-state index contributed by atoms with van der Waals surface area (Å²) in [5, 5.41) is 2.71. The maximum atomic E-state index is 12.4. The number of ether oxygens (including phenoxy) is 1. The Morgan fingerprint density at radius 2 is 2.16 bits per heavy atom. The van der Waals surface area contributed by atoms with Gasteiger partial charge in [0.2, 0.25) is 11.9 Å². The minimum atomic E-state index is -0.195. The number of aryl methyl sites for hydroxylation is 1. The van der Waals surface area contributed by atoms with Gasteiger partial charge in [-0.2, -0.15) is 0 Å². The number of hydrogen-bond donors (Lipinski definition) is 2. The van der Waals surface area contributed by atoms with Gasteiger partial charge in [-0.3, -0.25) is 14.6 Å². The minimum Gasteiger partial charge on any atom is -0.378 e. The van der Waals surface area contributed by atoms with Crippen molar-refractivity contribution in [2.75, 3.05) is 36.5 Å². The van der Waals surface area contributed by atoms with E-state index in [2.05, 4.69) is 20.3 Å². The highest BCUT2D eigenvalue weighted by Gasteiger charge is 2.16. The van der Waals surface area contributed by atoms with Crippen LogP contribution in [0, 0.1) is 6.92 Å². The molecule has 3 rings (SSSR count). The number of pyridine rings is 1. The molecule has 1 fully saturated rings. The third-order valence-corrected chi connectivity index (χ3v) is 4.05. The van der Waals surface area contributed by atoms with Crippen LogP contribution in [-0.4, -0.2) is 47.2 Å². The molecule has 1 amide bonds. The Morgan fingerprint density at radius 3 is 2.84 bits per heavy atom. The zero-order valence-corrected chi connectivity index (χ0v) is 14.1. The number of nitrogens with zero attached hydrogens (tertiary/aromatic N) is 3. The molecule has 2 aromatic heterocycles. The van der Waals surface area contributed by atoms with Crippen molar-refractivity contribution in [3.63, 3.8) is 0 Å². The zero-order chi connectivity index (χ0) is 17.6. The third kappa shape index (κ3) is 4.42. The summed E-state index contributed by atoms with van der Waals surface area (Å²) >= 11 is 0. The van der Waals surface area contributed by atoms with E-state index < -0.39 is 0 Å². The fraction of sp³-hybridized carbons (Fsp3) is 0.412. The van der Waals surface area contributed by atoms with Crippen LogP contribution in [0.25, 0.3) is 0 Å². The molecule has 0 unspecified atom stereocenters. The summed E-state index contributed by atoms with van der Waals surface area (Å²) in [4.78, 5) is 37.7. The molecule has 1 saturated heterocycles. The van der Waals surface area contributed by atoms with Gasteiger partial charge in [0.25, 0.3) is 5.56 Å². The first-order valence-corrected chi connectivity index (χ1v) is 8.27. The molecule has 0 spiro atoms. The molecule has 0 saturated carbocycles. The molecule has 8 heteroatoms. The lowest BCUT2D eigenvalue weighted by Crippen LogP contribution is -2.38. The van der Waals surface area contributed by atoms with Crippen LogP contribution in [0.3, 0.4) is 0 Å². The summed E-state index contributed by atoms with van der Waals surface area (Å²) in [6, 6.07) is 5.29. The van der Waals surface area contributed by atoms with Crippen molar-refractivity contribution in [3.05, 3.63) is 46.0 Å². The molecule has 0 radical (unpaired) electrons. The lowest BCUT2D eigenvalue weighted by Gasteiger charge is -2.27. The molecule has 0 aromatic carbocycles. The maximum absolute atomic E-state index is 12.4. The number of aromatic amines is 1. The van der Waals surface area contributed by atoms with Crippen molar-refractivity contribution in [2.45, 2.75) is 19.8 Å². The van der Waals surface area contributed by atoms with Gasteiger partial charge >= 0.3 is 0 Å². The first-order valence-electron chi connectivity index (χ1n) is 8.27. The fourth-order valence-electron chi connectivity index (χ4n) is 2.70. The van der Waals surface area contributed by atoms with Crippen molar-refractivity contribution >= 4 is 17.7 Å². The van der Waals surface area contributed by atoms with E-state index in [1.54, 1.807) is 31.3 Å². The van der Waals surface area contributed by atoms with Crippen molar-refractivity contribution in [1.82, 2.24) is 15.0 Å². The van der Waals surface area contributed by atoms with Gasteiger partial charge in [0.05, 0.1) is 13.2 Å². The molecule has 2 aromatic rings. The Kier molecular flexibility index (Phi) is 5.39. The predicted octanol–water partition coefficient (Wildman–Crippen LogP) is 0.881. The minimum absolute atomic E-state index is 0.185. The number of aromatic nitrogens is 3. The highest BCUT2D eigenvalue weighted by molar-refractivity contribution is 5.89. The van der Waals surface area contributed by atoms with Gasteiger partial charge in [0.15, 0.2) is 0 Å². The summed E-state index contributed by atoms with van der Waals surface area (Å²) in [5.41, 5.74) is 0.990. The van der Waals surface area contributed by atoms with E-state index in [1.165, 1.54) is 0 Å². The van der Waals surface area contributed by atoms with Gasteiger partial charge in [0.1, 0.15) is 5.82 Å². The van der Waals surface area contributed by atoms with E-state index >= 15 is 0 Å². The van der Waals surface area contributed by atoms with Gasteiger partial charge in [-0.15, -0.1) is 0 Å². The molecule has 25 heavy (non-hydrogen) atoms. The molecule has 1 aliphatic heterocycles. The van der Waals surface area contributed by atoms with Gasteiger partial charge in [-0.05, 0) is 25.5 Å². The van der Waals surface area contributed by atoms with E-state index in [1.807, 2.05) is 4.90 Å². The Balaban J connectivity index is 1.64. The number of rotatable bonds is 5. The molecule has 2 N–H and O–H groups in total. The first kappa shape index (κ1) is 17.1. The van der Waals surface area contributed by atoms with Crippen LogP contribution in [0.2, 0.25) is 0 Å². The van der Waals surface area contributed by atoms with E-state index in [4.69, 9.17) is 4.74 Å². The monoisotopic (exact) mass is 343 g/mol. The Labute approximate surface area is 145 Å². The molecule has 0 bridgehead atoms. The number of H-pyrrole nitrogens is 1. The van der Waals surface area contributed by atoms with Crippen LogP contribution in [0.5, 0.6) is 0 Å². The van der Waals surface area contributed by atoms with Gasteiger partial charge in [-0.25, -0.2) is 9.97 Å². The quantitative estimate of drug-likeness (QED) is 0.836. The SMILES string of the molecule is Cc1nc(N2CCOCC2)[nH]c(=O)c1CCC(=O)Nc1ccccn1. The van der Waals surface area contributed by atoms with E-state index in [0.717, 1.165) is 0 Å². The lowest BCUT2D eigenvalue weighted by atomic mass is 10.1. The highest BCUT2D eigenvalue weighted by Crippen LogP contribution is 2.11. The Morgan fingerprint density at radius 1 is 1.36 bits per heavy atom. The van der Waals surface area contributed by atoms with E-state index in [0.29, 0.717) is 55.7 Å². The molecule has 8 nitrogen and oxygen atoms in total. The number of anilines is 2. The predicted molar refractivity (Wildman–Crippen MR) is 93.8 cm³/mol. The van der Waals surface area contributed by atoms with Crippen LogP contribution in [0.1, 0.15) is 17.7 Å². The fourth-order valence-corrected chi connectivity index (χ4v) is 2.70. The number of hydrogen-bond acceptors (Lipinski definition) is 6. The van der Waals surface area contributed by atoms with E-state index in [-0.39, 0.29) is 17.9 Å². The number of carbonyl (C=O) groups is 1. The summed E-state index contributed by atoms with van der Waals surface area (Å²) in [5.74, 6) is 0.876. The molecule has 132 valence electrons. The van der Waals surface area contributed by atoms with Crippen LogP contribution in [0.4, 0.5) is 11.8 Å². The third-order valence-electron chi connectivity index (χ3n) is 4.05. The zero-order valence-electron chi connectivity index (χ0n) is 14.1. The lowest BCUT2D eigenvalue weighted by molar-refractivity contribution is -0.116. The molecule has 3 heterocycles. The van der Waals surface area contributed by atoms with Crippen molar-refractivity contribution in [3.8, 4) is 0 Å². The van der Waals surface area contributed by atoms with E-state index in [9.17, 15) is 9.59 Å².